The molecule has 76 valence electrons. The summed E-state index contributed by atoms with van der Waals surface area (Å²) in [6.45, 7) is 2.18. The maximum absolute atomic E-state index is 8.78. The topological polar surface area (TPSA) is 51.4 Å². The molecule has 0 saturated heterocycles. The summed E-state index contributed by atoms with van der Waals surface area (Å²) in [6, 6.07) is 12.0. The molecular weight excluding hydrogens is 188 g/mol. The number of anilines is 1. The summed E-state index contributed by atoms with van der Waals surface area (Å²) in [7, 11) is 0. The summed E-state index contributed by atoms with van der Waals surface area (Å²) >= 11 is 0. The number of nitrogens with zero attached hydrogens (tertiary/aromatic N) is 3. The fourth-order valence-corrected chi connectivity index (χ4v) is 1.49. The Bertz CT molecular complexity index is 391. The number of hydrogen-bond donors (Lipinski definition) is 1. The first-order chi connectivity index (χ1) is 7.40. The van der Waals surface area contributed by atoms with E-state index in [0.29, 0.717) is 12.5 Å². The Hall–Kier alpha value is -2.02. The molecule has 0 unspecified atom stereocenters. The van der Waals surface area contributed by atoms with E-state index in [4.69, 9.17) is 5.26 Å². The summed E-state index contributed by atoms with van der Waals surface area (Å²) in [6.07, 6.45) is 0. The lowest BCUT2D eigenvalue weighted by Gasteiger charge is -2.17. The number of nitriles is 1. The van der Waals surface area contributed by atoms with E-state index >= 15 is 0 Å². The van der Waals surface area contributed by atoms with Crippen LogP contribution in [0.2, 0.25) is 0 Å². The largest absolute Gasteiger partial charge is 0.368 e. The van der Waals surface area contributed by atoms with E-state index < -0.39 is 0 Å². The molecule has 0 radical (unpaired) electrons. The van der Waals surface area contributed by atoms with E-state index in [-0.39, 0.29) is 0 Å². The molecular formula is C11H12N4. The van der Waals surface area contributed by atoms with Crippen molar-refractivity contribution in [2.75, 3.05) is 25.1 Å². The van der Waals surface area contributed by atoms with Crippen LogP contribution in [0.25, 0.3) is 0 Å². The normalized spacial score (nSPS) is 14.6. The van der Waals surface area contributed by atoms with Crippen molar-refractivity contribution in [1.82, 2.24) is 4.90 Å². The molecule has 0 aliphatic carbocycles. The third-order valence-corrected chi connectivity index (χ3v) is 2.28. The summed E-state index contributed by atoms with van der Waals surface area (Å²) in [5.41, 5.74) is 1.06. The predicted octanol–water partition coefficient (Wildman–Crippen LogP) is 1.29. The van der Waals surface area contributed by atoms with E-state index in [1.165, 1.54) is 0 Å². The van der Waals surface area contributed by atoms with Crippen molar-refractivity contribution in [2.24, 2.45) is 4.99 Å². The minimum Gasteiger partial charge on any atom is -0.368 e. The van der Waals surface area contributed by atoms with Gasteiger partial charge in [0.2, 0.25) is 5.84 Å². The maximum atomic E-state index is 8.78. The van der Waals surface area contributed by atoms with Crippen LogP contribution in [0.5, 0.6) is 0 Å². The molecule has 4 nitrogen and oxygen atoms in total. The van der Waals surface area contributed by atoms with Gasteiger partial charge in [-0.25, -0.2) is 0 Å². The van der Waals surface area contributed by atoms with E-state index in [1.54, 1.807) is 0 Å². The molecule has 0 aromatic heterocycles. The lowest BCUT2D eigenvalue weighted by atomic mass is 10.3. The van der Waals surface area contributed by atoms with Crippen molar-refractivity contribution in [3.8, 4) is 6.07 Å². The lowest BCUT2D eigenvalue weighted by Crippen LogP contribution is -2.31. The molecule has 1 aliphatic rings. The van der Waals surface area contributed by atoms with Gasteiger partial charge in [0, 0.05) is 12.2 Å². The lowest BCUT2D eigenvalue weighted by molar-refractivity contribution is 0.493. The van der Waals surface area contributed by atoms with Crippen molar-refractivity contribution in [2.45, 2.75) is 0 Å². The highest BCUT2D eigenvalue weighted by molar-refractivity contribution is 5.97. The number of aliphatic imine (C=N–C) groups is 1. The van der Waals surface area contributed by atoms with Crippen LogP contribution in [-0.2, 0) is 0 Å². The number of amidine groups is 1. The van der Waals surface area contributed by atoms with Crippen LogP contribution in [0.3, 0.4) is 0 Å². The van der Waals surface area contributed by atoms with Crippen LogP contribution in [0.15, 0.2) is 35.3 Å². The summed E-state index contributed by atoms with van der Waals surface area (Å²) in [5, 5.41) is 12.0. The first-order valence-electron chi connectivity index (χ1n) is 4.88. The van der Waals surface area contributed by atoms with Gasteiger partial charge >= 0.3 is 0 Å². The van der Waals surface area contributed by atoms with Gasteiger partial charge in [-0.2, -0.15) is 5.26 Å². The van der Waals surface area contributed by atoms with Crippen molar-refractivity contribution < 1.29 is 0 Å². The molecule has 1 aromatic carbocycles. The second-order valence-corrected chi connectivity index (χ2v) is 3.28. The zero-order valence-electron chi connectivity index (χ0n) is 8.35. The first-order valence-corrected chi connectivity index (χ1v) is 4.88. The predicted molar refractivity (Wildman–Crippen MR) is 59.6 cm³/mol. The van der Waals surface area contributed by atoms with Crippen molar-refractivity contribution in [1.29, 1.82) is 5.26 Å². The molecule has 1 N–H and O–H groups in total. The molecule has 0 saturated carbocycles. The van der Waals surface area contributed by atoms with Crippen molar-refractivity contribution >= 4 is 11.5 Å². The quantitative estimate of drug-likeness (QED) is 0.800. The first kappa shape index (κ1) is 9.53. The van der Waals surface area contributed by atoms with Gasteiger partial charge in [0.1, 0.15) is 6.07 Å². The van der Waals surface area contributed by atoms with Gasteiger partial charge in [-0.3, -0.25) is 4.99 Å². The van der Waals surface area contributed by atoms with Gasteiger partial charge in [0.25, 0.3) is 0 Å². The van der Waals surface area contributed by atoms with Gasteiger partial charge in [-0.1, -0.05) is 18.2 Å². The Morgan fingerprint density at radius 1 is 1.40 bits per heavy atom. The fourth-order valence-electron chi connectivity index (χ4n) is 1.49. The molecule has 2 rings (SSSR count). The fraction of sp³-hybridized carbons (Fsp3) is 0.273. The second-order valence-electron chi connectivity index (χ2n) is 3.28. The Morgan fingerprint density at radius 3 is 2.93 bits per heavy atom. The standard InChI is InChI=1S/C11H12N4/c12-8-11-13-6-7-15(11)9-14-10-4-2-1-3-5-10/h1-5,14H,6-7,9H2. The van der Waals surface area contributed by atoms with Gasteiger partial charge in [0.05, 0.1) is 13.2 Å². The Kier molecular flexibility index (Phi) is 2.84. The van der Waals surface area contributed by atoms with Gasteiger partial charge in [0.15, 0.2) is 0 Å². The van der Waals surface area contributed by atoms with Crippen LogP contribution < -0.4 is 5.32 Å². The van der Waals surface area contributed by atoms with Crippen LogP contribution in [0.4, 0.5) is 5.69 Å². The molecule has 0 atom stereocenters. The SMILES string of the molecule is N#CC1=NCCN1CNc1ccccc1. The van der Waals surface area contributed by atoms with Gasteiger partial charge in [-0.15, -0.1) is 0 Å². The minimum absolute atomic E-state index is 0.526. The molecule has 0 spiro atoms. The second kappa shape index (κ2) is 4.47. The summed E-state index contributed by atoms with van der Waals surface area (Å²) in [4.78, 5) is 6.03. The van der Waals surface area contributed by atoms with Crippen LogP contribution >= 0.6 is 0 Å². The van der Waals surface area contributed by atoms with Crippen LogP contribution in [0, 0.1) is 11.3 Å². The van der Waals surface area contributed by atoms with E-state index in [1.807, 2.05) is 35.2 Å². The van der Waals surface area contributed by atoms with E-state index in [0.717, 1.165) is 18.8 Å². The highest BCUT2D eigenvalue weighted by Gasteiger charge is 2.15. The number of hydrogen-bond acceptors (Lipinski definition) is 4. The van der Waals surface area contributed by atoms with Crippen LogP contribution in [-0.4, -0.2) is 30.5 Å². The van der Waals surface area contributed by atoms with E-state index in [2.05, 4.69) is 16.4 Å². The highest BCUT2D eigenvalue weighted by Crippen LogP contribution is 2.06. The zero-order chi connectivity index (χ0) is 10.5. The summed E-state index contributed by atoms with van der Waals surface area (Å²) in [5.74, 6) is 0.526. The molecule has 1 aromatic rings. The van der Waals surface area contributed by atoms with Gasteiger partial charge < -0.3 is 10.2 Å². The Balaban J connectivity index is 1.90. The van der Waals surface area contributed by atoms with Gasteiger partial charge in [-0.05, 0) is 12.1 Å². The zero-order valence-corrected chi connectivity index (χ0v) is 8.35. The molecule has 1 aliphatic heterocycles. The summed E-state index contributed by atoms with van der Waals surface area (Å²) < 4.78 is 0. The molecule has 0 fully saturated rings. The Morgan fingerprint density at radius 2 is 2.20 bits per heavy atom. The average Bonchev–Trinajstić information content (AvgIpc) is 2.75. The van der Waals surface area contributed by atoms with Crippen molar-refractivity contribution in [3.63, 3.8) is 0 Å². The smallest absolute Gasteiger partial charge is 0.205 e. The highest BCUT2D eigenvalue weighted by atomic mass is 15.3. The van der Waals surface area contributed by atoms with Crippen LogP contribution in [0.1, 0.15) is 0 Å². The number of nitrogens with one attached hydrogen (secondary N) is 1. The third-order valence-electron chi connectivity index (χ3n) is 2.28. The number of rotatable bonds is 3. The molecule has 0 bridgehead atoms. The minimum atomic E-state index is 0.526. The monoisotopic (exact) mass is 200 g/mol. The molecule has 0 amide bonds. The number of benzene rings is 1. The molecule has 15 heavy (non-hydrogen) atoms. The van der Waals surface area contributed by atoms with Crippen molar-refractivity contribution in [3.05, 3.63) is 30.3 Å². The average molecular weight is 200 g/mol. The van der Waals surface area contributed by atoms with E-state index in [9.17, 15) is 0 Å². The third kappa shape index (κ3) is 2.26. The number of para-hydroxylation sites is 1. The molecule has 1 heterocycles. The maximum Gasteiger partial charge on any atom is 0.205 e. The molecule has 4 heteroatoms. The Labute approximate surface area is 88.8 Å².